The summed E-state index contributed by atoms with van der Waals surface area (Å²) in [6.45, 7) is 2.60. The van der Waals surface area contributed by atoms with Crippen molar-refractivity contribution in [3.8, 4) is 17.1 Å². The maximum Gasteiger partial charge on any atom is 0.254 e. The molecule has 1 fully saturated rings. The minimum atomic E-state index is -0.770. The average Bonchev–Trinajstić information content (AvgIpc) is 3.45. The van der Waals surface area contributed by atoms with Crippen molar-refractivity contribution in [2.24, 2.45) is 0 Å². The molecule has 2 unspecified atom stereocenters. The first-order chi connectivity index (χ1) is 15.5. The van der Waals surface area contributed by atoms with E-state index >= 15 is 0 Å². The Morgan fingerprint density at radius 1 is 1.19 bits per heavy atom. The van der Waals surface area contributed by atoms with Gasteiger partial charge in [-0.2, -0.15) is 0 Å². The Morgan fingerprint density at radius 3 is 2.78 bits per heavy atom. The van der Waals surface area contributed by atoms with E-state index in [1.54, 1.807) is 30.3 Å². The van der Waals surface area contributed by atoms with E-state index in [2.05, 4.69) is 10.5 Å². The Kier molecular flexibility index (Phi) is 6.51. The fourth-order valence-electron chi connectivity index (χ4n) is 3.77. The zero-order valence-electron chi connectivity index (χ0n) is 17.7. The summed E-state index contributed by atoms with van der Waals surface area (Å²) in [5.74, 6) is 0.521. The molecule has 3 aromatic rings. The van der Waals surface area contributed by atoms with Crippen LogP contribution < -0.4 is 10.1 Å². The summed E-state index contributed by atoms with van der Waals surface area (Å²) in [7, 11) is 0. The third-order valence-electron chi connectivity index (χ3n) is 5.30. The lowest BCUT2D eigenvalue weighted by atomic mass is 10.1. The van der Waals surface area contributed by atoms with Crippen molar-refractivity contribution < 1.29 is 24.0 Å². The molecule has 4 rings (SSSR count). The number of carbonyl (C=O) groups is 2. The minimum Gasteiger partial charge on any atom is -0.494 e. The molecule has 8 nitrogen and oxygen atoms in total. The topological polar surface area (TPSA) is 105 Å². The number of aliphatic hydroxyl groups excluding tert-OH is 1. The van der Waals surface area contributed by atoms with Crippen molar-refractivity contribution in [2.45, 2.75) is 32.0 Å². The summed E-state index contributed by atoms with van der Waals surface area (Å²) >= 11 is 0. The van der Waals surface area contributed by atoms with Crippen LogP contribution in [0.5, 0.6) is 5.75 Å². The number of nitrogens with one attached hydrogen (secondary N) is 1. The van der Waals surface area contributed by atoms with E-state index in [-0.39, 0.29) is 31.3 Å². The van der Waals surface area contributed by atoms with Gasteiger partial charge in [0.25, 0.3) is 5.91 Å². The van der Waals surface area contributed by atoms with E-state index in [0.717, 1.165) is 5.56 Å². The number of rotatable bonds is 7. The summed E-state index contributed by atoms with van der Waals surface area (Å²) in [4.78, 5) is 27.3. The van der Waals surface area contributed by atoms with Crippen LogP contribution in [0.25, 0.3) is 11.3 Å². The molecule has 0 spiro atoms. The van der Waals surface area contributed by atoms with Gasteiger partial charge in [0, 0.05) is 30.2 Å². The molecular formula is C24H25N3O5. The number of nitrogens with zero attached hydrogens (tertiary/aromatic N) is 2. The van der Waals surface area contributed by atoms with Gasteiger partial charge in [-0.25, -0.2) is 0 Å². The molecule has 0 aliphatic carbocycles. The van der Waals surface area contributed by atoms with E-state index in [0.29, 0.717) is 29.4 Å². The Hall–Kier alpha value is -3.65. The number of aromatic nitrogens is 1. The van der Waals surface area contributed by atoms with E-state index in [4.69, 9.17) is 9.26 Å². The molecule has 0 bridgehead atoms. The molecule has 1 saturated heterocycles. The number of amides is 2. The van der Waals surface area contributed by atoms with Gasteiger partial charge in [0.05, 0.1) is 19.3 Å². The number of β-amino-alcohol motifs (C(OH)–C–C–N with tert-alkyl or cyclic N) is 1. The zero-order chi connectivity index (χ0) is 22.5. The first-order valence-electron chi connectivity index (χ1n) is 10.6. The molecule has 0 saturated carbocycles. The SMILES string of the molecule is CCOc1cccc(C(=O)N2CC(O)CC2C(=O)NCc2cc(-c3ccccc3)on2)c1. The van der Waals surface area contributed by atoms with Crippen molar-refractivity contribution in [1.29, 1.82) is 0 Å². The highest BCUT2D eigenvalue weighted by atomic mass is 16.5. The Balaban J connectivity index is 1.42. The highest BCUT2D eigenvalue weighted by Gasteiger charge is 2.39. The maximum absolute atomic E-state index is 13.1. The van der Waals surface area contributed by atoms with Gasteiger partial charge in [-0.05, 0) is 25.1 Å². The number of benzene rings is 2. The summed E-state index contributed by atoms with van der Waals surface area (Å²) in [5.41, 5.74) is 1.87. The molecule has 0 radical (unpaired) electrons. The van der Waals surface area contributed by atoms with Crippen LogP contribution in [0.2, 0.25) is 0 Å². The summed E-state index contributed by atoms with van der Waals surface area (Å²) < 4.78 is 10.8. The number of hydrogen-bond acceptors (Lipinski definition) is 6. The minimum absolute atomic E-state index is 0.0951. The van der Waals surface area contributed by atoms with Crippen molar-refractivity contribution >= 4 is 11.8 Å². The summed E-state index contributed by atoms with van der Waals surface area (Å²) in [6.07, 6.45) is -0.585. The molecule has 1 aliphatic heterocycles. The smallest absolute Gasteiger partial charge is 0.254 e. The van der Waals surface area contributed by atoms with Crippen molar-refractivity contribution in [3.63, 3.8) is 0 Å². The van der Waals surface area contributed by atoms with Crippen molar-refractivity contribution in [3.05, 3.63) is 71.9 Å². The van der Waals surface area contributed by atoms with Crippen LogP contribution in [-0.4, -0.2) is 52.3 Å². The first-order valence-corrected chi connectivity index (χ1v) is 10.6. The van der Waals surface area contributed by atoms with E-state index in [1.807, 2.05) is 37.3 Å². The van der Waals surface area contributed by atoms with Crippen molar-refractivity contribution in [1.82, 2.24) is 15.4 Å². The second-order valence-corrected chi connectivity index (χ2v) is 7.59. The molecule has 2 heterocycles. The number of likely N-dealkylation sites (tertiary alicyclic amines) is 1. The lowest BCUT2D eigenvalue weighted by Gasteiger charge is -2.23. The molecule has 166 valence electrons. The Morgan fingerprint density at radius 2 is 2.00 bits per heavy atom. The lowest BCUT2D eigenvalue weighted by Crippen LogP contribution is -2.45. The molecule has 2 N–H and O–H groups in total. The number of aliphatic hydroxyl groups is 1. The Bertz CT molecular complexity index is 1080. The normalized spacial score (nSPS) is 17.9. The molecule has 8 heteroatoms. The highest BCUT2D eigenvalue weighted by molar-refractivity contribution is 5.98. The molecule has 1 aliphatic rings. The second-order valence-electron chi connectivity index (χ2n) is 7.59. The third kappa shape index (κ3) is 4.81. The molecule has 32 heavy (non-hydrogen) atoms. The van der Waals surface area contributed by atoms with Gasteiger partial charge in [0.1, 0.15) is 17.5 Å². The van der Waals surface area contributed by atoms with Crippen LogP contribution in [0.1, 0.15) is 29.4 Å². The molecule has 2 amide bonds. The first kappa shape index (κ1) is 21.6. The standard InChI is InChI=1S/C24H25N3O5/c1-2-31-20-10-6-9-17(11-20)24(30)27-15-19(28)13-21(27)23(29)25-14-18-12-22(32-26-18)16-7-4-3-5-8-16/h3-12,19,21,28H,2,13-15H2,1H3,(H,25,29). The van der Waals surface area contributed by atoms with Crippen LogP contribution in [-0.2, 0) is 11.3 Å². The maximum atomic E-state index is 13.1. The van der Waals surface area contributed by atoms with Gasteiger partial charge in [-0.1, -0.05) is 41.6 Å². The monoisotopic (exact) mass is 435 g/mol. The van der Waals surface area contributed by atoms with Crippen molar-refractivity contribution in [2.75, 3.05) is 13.2 Å². The summed E-state index contributed by atoms with van der Waals surface area (Å²) in [6, 6.07) is 17.4. The molecule has 2 aromatic carbocycles. The second kappa shape index (κ2) is 9.65. The number of ether oxygens (including phenoxy) is 1. The van der Waals surface area contributed by atoms with E-state index < -0.39 is 12.1 Å². The van der Waals surface area contributed by atoms with Crippen LogP contribution >= 0.6 is 0 Å². The van der Waals surface area contributed by atoms with Crippen LogP contribution in [0.15, 0.2) is 65.2 Å². The number of carbonyl (C=O) groups excluding carboxylic acids is 2. The van der Waals surface area contributed by atoms with Crippen LogP contribution in [0.4, 0.5) is 0 Å². The van der Waals surface area contributed by atoms with Gasteiger partial charge < -0.3 is 24.6 Å². The van der Waals surface area contributed by atoms with Gasteiger partial charge in [-0.15, -0.1) is 0 Å². The highest BCUT2D eigenvalue weighted by Crippen LogP contribution is 2.23. The number of hydrogen-bond donors (Lipinski definition) is 2. The third-order valence-corrected chi connectivity index (χ3v) is 5.30. The van der Waals surface area contributed by atoms with Gasteiger partial charge in [-0.3, -0.25) is 9.59 Å². The predicted molar refractivity (Wildman–Crippen MR) is 117 cm³/mol. The van der Waals surface area contributed by atoms with Gasteiger partial charge in [0.15, 0.2) is 5.76 Å². The Labute approximate surface area is 185 Å². The summed E-state index contributed by atoms with van der Waals surface area (Å²) in [5, 5.41) is 16.9. The van der Waals surface area contributed by atoms with E-state index in [9.17, 15) is 14.7 Å². The average molecular weight is 435 g/mol. The van der Waals surface area contributed by atoms with E-state index in [1.165, 1.54) is 4.90 Å². The van der Waals surface area contributed by atoms with Crippen LogP contribution in [0.3, 0.4) is 0 Å². The van der Waals surface area contributed by atoms with Crippen LogP contribution in [0, 0.1) is 0 Å². The molecular weight excluding hydrogens is 410 g/mol. The zero-order valence-corrected chi connectivity index (χ0v) is 17.7. The fourth-order valence-corrected chi connectivity index (χ4v) is 3.77. The van der Waals surface area contributed by atoms with Gasteiger partial charge in [0.2, 0.25) is 5.91 Å². The molecule has 2 atom stereocenters. The quantitative estimate of drug-likeness (QED) is 0.591. The largest absolute Gasteiger partial charge is 0.494 e. The molecule has 1 aromatic heterocycles. The lowest BCUT2D eigenvalue weighted by molar-refractivity contribution is -0.125. The van der Waals surface area contributed by atoms with Gasteiger partial charge >= 0.3 is 0 Å². The fraction of sp³-hybridized carbons (Fsp3) is 0.292. The predicted octanol–water partition coefficient (Wildman–Crippen LogP) is 2.63.